The molecule has 1 aromatic carbocycles. The van der Waals surface area contributed by atoms with Gasteiger partial charge in [0.05, 0.1) is 4.92 Å². The van der Waals surface area contributed by atoms with Gasteiger partial charge in [-0.3, -0.25) is 19.7 Å². The molecule has 1 rings (SSSR count). The second-order valence-electron chi connectivity index (χ2n) is 4.34. The summed E-state index contributed by atoms with van der Waals surface area (Å²) in [6, 6.07) is 5.30. The van der Waals surface area contributed by atoms with Gasteiger partial charge in [-0.1, -0.05) is 13.3 Å². The molecule has 7 heteroatoms. The minimum atomic E-state index is -0.752. The predicted octanol–water partition coefficient (Wildman–Crippen LogP) is 1.79. The van der Waals surface area contributed by atoms with E-state index in [1.54, 1.807) is 7.05 Å². The summed E-state index contributed by atoms with van der Waals surface area (Å²) in [7, 11) is 1.56. The maximum Gasteiger partial charge on any atom is 0.313 e. The van der Waals surface area contributed by atoms with E-state index < -0.39 is 16.7 Å². The Morgan fingerprint density at radius 3 is 2.40 bits per heavy atom. The van der Waals surface area contributed by atoms with E-state index in [2.05, 4.69) is 5.32 Å². The summed E-state index contributed by atoms with van der Waals surface area (Å²) in [5.41, 5.74) is 0.271. The molecule has 20 heavy (non-hydrogen) atoms. The van der Waals surface area contributed by atoms with Crippen LogP contribution in [0.2, 0.25) is 0 Å². The standard InChI is InChI=1S/C13H17N3O4/c1-3-4-9-15(2)13(18)12(17)14-10-5-7-11(8-6-10)16(19)20/h5-8H,3-4,9H2,1-2H3,(H,14,17). The van der Waals surface area contributed by atoms with Crippen molar-refractivity contribution < 1.29 is 14.5 Å². The predicted molar refractivity (Wildman–Crippen MR) is 74.3 cm³/mol. The average Bonchev–Trinajstić information content (AvgIpc) is 2.44. The lowest BCUT2D eigenvalue weighted by atomic mass is 10.3. The molecule has 0 aliphatic heterocycles. The van der Waals surface area contributed by atoms with E-state index in [0.717, 1.165) is 12.8 Å². The van der Waals surface area contributed by atoms with Gasteiger partial charge in [-0.15, -0.1) is 0 Å². The molecule has 0 heterocycles. The summed E-state index contributed by atoms with van der Waals surface area (Å²) in [5, 5.41) is 12.9. The SMILES string of the molecule is CCCCN(C)C(=O)C(=O)Nc1ccc([N+](=O)[O-])cc1. The zero-order valence-electron chi connectivity index (χ0n) is 11.5. The fourth-order valence-corrected chi connectivity index (χ4v) is 1.52. The molecule has 0 saturated carbocycles. The topological polar surface area (TPSA) is 92.6 Å². The van der Waals surface area contributed by atoms with E-state index in [-0.39, 0.29) is 5.69 Å². The largest absolute Gasteiger partial charge is 0.338 e. The number of carbonyl (C=O) groups excluding carboxylic acids is 2. The number of anilines is 1. The Morgan fingerprint density at radius 2 is 1.90 bits per heavy atom. The van der Waals surface area contributed by atoms with Gasteiger partial charge < -0.3 is 10.2 Å². The second kappa shape index (κ2) is 7.22. The number of non-ortho nitro benzene ring substituents is 1. The van der Waals surface area contributed by atoms with Gasteiger partial charge in [-0.2, -0.15) is 0 Å². The minimum Gasteiger partial charge on any atom is -0.338 e. The minimum absolute atomic E-state index is 0.0746. The third kappa shape index (κ3) is 4.34. The number of hydrogen-bond donors (Lipinski definition) is 1. The molecule has 0 atom stereocenters. The maximum absolute atomic E-state index is 11.7. The zero-order chi connectivity index (χ0) is 15.1. The van der Waals surface area contributed by atoms with Gasteiger partial charge in [-0.05, 0) is 18.6 Å². The Kier molecular flexibility index (Phi) is 5.64. The number of nitrogens with one attached hydrogen (secondary N) is 1. The number of nitro benzene ring substituents is 1. The Balaban J connectivity index is 2.61. The van der Waals surface area contributed by atoms with E-state index >= 15 is 0 Å². The van der Waals surface area contributed by atoms with Gasteiger partial charge in [-0.25, -0.2) is 0 Å². The number of amides is 2. The molecule has 0 unspecified atom stereocenters. The van der Waals surface area contributed by atoms with E-state index in [9.17, 15) is 19.7 Å². The van der Waals surface area contributed by atoms with Crippen LogP contribution in [0.3, 0.4) is 0 Å². The quantitative estimate of drug-likeness (QED) is 0.505. The molecule has 0 aliphatic carbocycles. The normalized spacial score (nSPS) is 9.90. The Morgan fingerprint density at radius 1 is 1.30 bits per heavy atom. The van der Waals surface area contributed by atoms with Crippen LogP contribution < -0.4 is 5.32 Å². The zero-order valence-corrected chi connectivity index (χ0v) is 11.5. The first-order valence-corrected chi connectivity index (χ1v) is 6.26. The van der Waals surface area contributed by atoms with Crippen LogP contribution >= 0.6 is 0 Å². The van der Waals surface area contributed by atoms with Gasteiger partial charge in [0.15, 0.2) is 0 Å². The van der Waals surface area contributed by atoms with Crippen molar-refractivity contribution in [3.63, 3.8) is 0 Å². The summed E-state index contributed by atoms with van der Waals surface area (Å²) < 4.78 is 0. The van der Waals surface area contributed by atoms with Gasteiger partial charge in [0.25, 0.3) is 5.69 Å². The van der Waals surface area contributed by atoms with Crippen LogP contribution in [0.15, 0.2) is 24.3 Å². The highest BCUT2D eigenvalue weighted by Gasteiger charge is 2.18. The highest BCUT2D eigenvalue weighted by molar-refractivity contribution is 6.39. The summed E-state index contributed by atoms with van der Waals surface area (Å²) in [5.74, 6) is -1.38. The molecule has 2 amide bonds. The number of rotatable bonds is 5. The summed E-state index contributed by atoms with van der Waals surface area (Å²) in [6.45, 7) is 2.51. The van der Waals surface area contributed by atoms with E-state index in [1.165, 1.54) is 29.2 Å². The number of nitrogens with zero attached hydrogens (tertiary/aromatic N) is 2. The Hall–Kier alpha value is -2.44. The molecular weight excluding hydrogens is 262 g/mol. The summed E-state index contributed by atoms with van der Waals surface area (Å²) in [4.78, 5) is 34.7. The molecule has 0 aliphatic rings. The number of hydrogen-bond acceptors (Lipinski definition) is 4. The molecule has 0 aromatic heterocycles. The third-order valence-corrected chi connectivity index (χ3v) is 2.72. The number of likely N-dealkylation sites (N-methyl/N-ethyl adjacent to an activating group) is 1. The van der Waals surface area contributed by atoms with Gasteiger partial charge in [0, 0.05) is 31.4 Å². The molecule has 0 saturated heterocycles. The molecule has 1 N–H and O–H groups in total. The number of carbonyl (C=O) groups is 2. The van der Waals surface area contributed by atoms with E-state index in [1.807, 2.05) is 6.92 Å². The van der Waals surface area contributed by atoms with Crippen LogP contribution in [0.5, 0.6) is 0 Å². The van der Waals surface area contributed by atoms with Crippen LogP contribution in [0.4, 0.5) is 11.4 Å². The fraction of sp³-hybridized carbons (Fsp3) is 0.385. The van der Waals surface area contributed by atoms with Crippen LogP contribution in [0.1, 0.15) is 19.8 Å². The molecule has 0 bridgehead atoms. The van der Waals surface area contributed by atoms with Gasteiger partial charge in [0.2, 0.25) is 0 Å². The first-order valence-electron chi connectivity index (χ1n) is 6.26. The van der Waals surface area contributed by atoms with Gasteiger partial charge >= 0.3 is 11.8 Å². The first kappa shape index (κ1) is 15.6. The average molecular weight is 279 g/mol. The molecule has 108 valence electrons. The smallest absolute Gasteiger partial charge is 0.313 e. The van der Waals surface area contributed by atoms with Crippen molar-refractivity contribution >= 4 is 23.2 Å². The monoisotopic (exact) mass is 279 g/mol. The summed E-state index contributed by atoms with van der Waals surface area (Å²) in [6.07, 6.45) is 1.76. The highest BCUT2D eigenvalue weighted by atomic mass is 16.6. The Bertz CT molecular complexity index is 499. The molecular formula is C13H17N3O4. The second-order valence-corrected chi connectivity index (χ2v) is 4.34. The van der Waals surface area contributed by atoms with Crippen LogP contribution in [0, 0.1) is 10.1 Å². The number of unbranched alkanes of at least 4 members (excludes halogenated alkanes) is 1. The lowest BCUT2D eigenvalue weighted by Gasteiger charge is -2.15. The van der Waals surface area contributed by atoms with Crippen molar-refractivity contribution in [3.05, 3.63) is 34.4 Å². The Labute approximate surface area is 116 Å². The van der Waals surface area contributed by atoms with Crippen molar-refractivity contribution in [2.45, 2.75) is 19.8 Å². The summed E-state index contributed by atoms with van der Waals surface area (Å²) >= 11 is 0. The molecule has 0 radical (unpaired) electrons. The van der Waals surface area contributed by atoms with Crippen LogP contribution in [-0.4, -0.2) is 35.2 Å². The first-order chi connectivity index (χ1) is 9.45. The van der Waals surface area contributed by atoms with Crippen LogP contribution in [-0.2, 0) is 9.59 Å². The third-order valence-electron chi connectivity index (χ3n) is 2.72. The number of nitro groups is 1. The van der Waals surface area contributed by atoms with Crippen LogP contribution in [0.25, 0.3) is 0 Å². The number of benzene rings is 1. The van der Waals surface area contributed by atoms with E-state index in [0.29, 0.717) is 12.2 Å². The highest BCUT2D eigenvalue weighted by Crippen LogP contribution is 2.15. The van der Waals surface area contributed by atoms with E-state index in [4.69, 9.17) is 0 Å². The van der Waals surface area contributed by atoms with Crippen molar-refractivity contribution in [2.75, 3.05) is 18.9 Å². The van der Waals surface area contributed by atoms with Crippen molar-refractivity contribution in [3.8, 4) is 0 Å². The fourth-order valence-electron chi connectivity index (χ4n) is 1.52. The molecule has 0 spiro atoms. The maximum atomic E-state index is 11.7. The molecule has 7 nitrogen and oxygen atoms in total. The lowest BCUT2D eigenvalue weighted by molar-refractivity contribution is -0.384. The molecule has 1 aromatic rings. The van der Waals surface area contributed by atoms with Crippen molar-refractivity contribution in [2.24, 2.45) is 0 Å². The molecule has 0 fully saturated rings. The van der Waals surface area contributed by atoms with Gasteiger partial charge in [0.1, 0.15) is 0 Å². The van der Waals surface area contributed by atoms with Crippen molar-refractivity contribution in [1.29, 1.82) is 0 Å². The lowest BCUT2D eigenvalue weighted by Crippen LogP contribution is -2.37. The van der Waals surface area contributed by atoms with Crippen molar-refractivity contribution in [1.82, 2.24) is 4.90 Å².